The van der Waals surface area contributed by atoms with E-state index in [-0.39, 0.29) is 11.8 Å². The number of alkyl halides is 2. The number of ether oxygens (including phenoxy) is 1. The highest BCUT2D eigenvalue weighted by molar-refractivity contribution is 5.35. The fourth-order valence-corrected chi connectivity index (χ4v) is 2.02. The summed E-state index contributed by atoms with van der Waals surface area (Å²) in [4.78, 5) is 0. The van der Waals surface area contributed by atoms with Crippen molar-refractivity contribution >= 4 is 0 Å². The quantitative estimate of drug-likeness (QED) is 0.857. The lowest BCUT2D eigenvalue weighted by molar-refractivity contribution is -0.0506. The summed E-state index contributed by atoms with van der Waals surface area (Å²) in [6, 6.07) is 16.7. The van der Waals surface area contributed by atoms with Crippen LogP contribution in [0.4, 0.5) is 8.78 Å². The van der Waals surface area contributed by atoms with Crippen LogP contribution in [0.15, 0.2) is 54.6 Å². The van der Waals surface area contributed by atoms with Gasteiger partial charge in [-0.05, 0) is 18.6 Å². The second-order valence-electron chi connectivity index (χ2n) is 4.50. The molecule has 20 heavy (non-hydrogen) atoms. The average Bonchev–Trinajstić information content (AvgIpc) is 2.46. The van der Waals surface area contributed by atoms with E-state index < -0.39 is 6.61 Å². The van der Waals surface area contributed by atoms with Crippen LogP contribution in [0.25, 0.3) is 0 Å². The summed E-state index contributed by atoms with van der Waals surface area (Å²) in [5.74, 6) is 0.218. The van der Waals surface area contributed by atoms with Gasteiger partial charge in [-0.1, -0.05) is 48.5 Å². The molecule has 0 saturated carbocycles. The molecule has 0 radical (unpaired) electrons. The predicted molar refractivity (Wildman–Crippen MR) is 74.8 cm³/mol. The van der Waals surface area contributed by atoms with E-state index in [0.29, 0.717) is 6.54 Å². The monoisotopic (exact) mass is 277 g/mol. The second kappa shape index (κ2) is 7.01. The van der Waals surface area contributed by atoms with Crippen molar-refractivity contribution in [1.82, 2.24) is 5.32 Å². The number of benzene rings is 2. The predicted octanol–water partition coefficient (Wildman–Crippen LogP) is 4.14. The molecule has 0 fully saturated rings. The summed E-state index contributed by atoms with van der Waals surface area (Å²) < 4.78 is 29.3. The summed E-state index contributed by atoms with van der Waals surface area (Å²) in [6.07, 6.45) is 0. The molecule has 0 aromatic heterocycles. The van der Waals surface area contributed by atoms with E-state index in [1.807, 2.05) is 43.3 Å². The molecule has 0 aliphatic heterocycles. The van der Waals surface area contributed by atoms with Crippen molar-refractivity contribution < 1.29 is 13.5 Å². The number of para-hydroxylation sites is 1. The molecular weight excluding hydrogens is 260 g/mol. The van der Waals surface area contributed by atoms with E-state index in [2.05, 4.69) is 10.1 Å². The first-order valence-electron chi connectivity index (χ1n) is 6.48. The van der Waals surface area contributed by atoms with Gasteiger partial charge >= 0.3 is 6.61 Å². The molecule has 0 amide bonds. The van der Waals surface area contributed by atoms with Gasteiger partial charge in [-0.25, -0.2) is 0 Å². The average molecular weight is 277 g/mol. The van der Waals surface area contributed by atoms with E-state index in [0.717, 1.165) is 11.1 Å². The molecule has 2 rings (SSSR count). The molecule has 0 aliphatic carbocycles. The highest BCUT2D eigenvalue weighted by atomic mass is 19.3. The van der Waals surface area contributed by atoms with E-state index in [9.17, 15) is 8.78 Å². The Balaban J connectivity index is 2.03. The van der Waals surface area contributed by atoms with Crippen LogP contribution >= 0.6 is 0 Å². The lowest BCUT2D eigenvalue weighted by atomic mass is 10.1. The molecule has 0 spiro atoms. The standard InChI is InChI=1S/C16H17F2NO/c1-12(19-11-13-7-3-2-4-8-13)14-9-5-6-10-15(14)20-16(17)18/h2-10,12,16,19H,11H2,1H3. The first kappa shape index (κ1) is 14.5. The molecule has 0 aliphatic rings. The molecule has 1 atom stereocenters. The Morgan fingerprint density at radius 3 is 2.35 bits per heavy atom. The molecule has 2 aromatic carbocycles. The van der Waals surface area contributed by atoms with Crippen molar-refractivity contribution in [2.75, 3.05) is 0 Å². The Kier molecular flexibility index (Phi) is 5.07. The Morgan fingerprint density at radius 2 is 1.65 bits per heavy atom. The molecule has 0 bridgehead atoms. The van der Waals surface area contributed by atoms with Crippen LogP contribution in [0.3, 0.4) is 0 Å². The number of hydrogen-bond donors (Lipinski definition) is 1. The second-order valence-corrected chi connectivity index (χ2v) is 4.50. The molecule has 106 valence electrons. The third kappa shape index (κ3) is 4.03. The van der Waals surface area contributed by atoms with Gasteiger partial charge in [0.15, 0.2) is 0 Å². The van der Waals surface area contributed by atoms with Gasteiger partial charge in [-0.15, -0.1) is 0 Å². The van der Waals surface area contributed by atoms with Crippen LogP contribution in [0.5, 0.6) is 5.75 Å². The van der Waals surface area contributed by atoms with Crippen molar-refractivity contribution in [2.24, 2.45) is 0 Å². The minimum Gasteiger partial charge on any atom is -0.434 e. The van der Waals surface area contributed by atoms with Crippen LogP contribution in [0, 0.1) is 0 Å². The van der Waals surface area contributed by atoms with Gasteiger partial charge in [-0.3, -0.25) is 0 Å². The third-order valence-corrected chi connectivity index (χ3v) is 3.06. The topological polar surface area (TPSA) is 21.3 Å². The van der Waals surface area contributed by atoms with Crippen molar-refractivity contribution in [3.63, 3.8) is 0 Å². The minimum atomic E-state index is -2.81. The van der Waals surface area contributed by atoms with Gasteiger partial charge in [0, 0.05) is 18.2 Å². The van der Waals surface area contributed by atoms with Crippen LogP contribution in [-0.4, -0.2) is 6.61 Å². The maximum atomic E-state index is 12.4. The van der Waals surface area contributed by atoms with Crippen molar-refractivity contribution in [3.05, 3.63) is 65.7 Å². The molecule has 1 unspecified atom stereocenters. The number of hydrogen-bond acceptors (Lipinski definition) is 2. The number of halogens is 2. The Bertz CT molecular complexity index is 531. The maximum Gasteiger partial charge on any atom is 0.387 e. The lowest BCUT2D eigenvalue weighted by Crippen LogP contribution is -2.19. The molecule has 1 N–H and O–H groups in total. The van der Waals surface area contributed by atoms with Crippen molar-refractivity contribution in [1.29, 1.82) is 0 Å². The summed E-state index contributed by atoms with van der Waals surface area (Å²) in [6.45, 7) is -0.209. The summed E-state index contributed by atoms with van der Waals surface area (Å²) >= 11 is 0. The van der Waals surface area contributed by atoms with Gasteiger partial charge in [-0.2, -0.15) is 8.78 Å². The Hall–Kier alpha value is -1.94. The molecule has 2 aromatic rings. The van der Waals surface area contributed by atoms with E-state index in [1.165, 1.54) is 0 Å². The van der Waals surface area contributed by atoms with E-state index >= 15 is 0 Å². The first-order valence-corrected chi connectivity index (χ1v) is 6.48. The zero-order valence-electron chi connectivity index (χ0n) is 11.2. The van der Waals surface area contributed by atoms with Gasteiger partial charge in [0.25, 0.3) is 0 Å². The van der Waals surface area contributed by atoms with Gasteiger partial charge < -0.3 is 10.1 Å². The normalized spacial score (nSPS) is 12.4. The van der Waals surface area contributed by atoms with Crippen molar-refractivity contribution in [2.45, 2.75) is 26.1 Å². The number of rotatable bonds is 6. The van der Waals surface area contributed by atoms with Crippen LogP contribution in [0.2, 0.25) is 0 Å². The van der Waals surface area contributed by atoms with E-state index in [1.54, 1.807) is 18.2 Å². The fraction of sp³-hybridized carbons (Fsp3) is 0.250. The summed E-state index contributed by atoms with van der Waals surface area (Å²) in [5.41, 5.74) is 1.87. The first-order chi connectivity index (χ1) is 9.66. The molecular formula is C16H17F2NO. The van der Waals surface area contributed by atoms with Crippen LogP contribution in [-0.2, 0) is 6.54 Å². The Morgan fingerprint density at radius 1 is 1.00 bits per heavy atom. The zero-order chi connectivity index (χ0) is 14.4. The largest absolute Gasteiger partial charge is 0.434 e. The smallest absolute Gasteiger partial charge is 0.387 e. The fourth-order valence-electron chi connectivity index (χ4n) is 2.02. The molecule has 4 heteroatoms. The minimum absolute atomic E-state index is 0.0786. The van der Waals surface area contributed by atoms with Crippen molar-refractivity contribution in [3.8, 4) is 5.75 Å². The van der Waals surface area contributed by atoms with E-state index in [4.69, 9.17) is 0 Å². The van der Waals surface area contributed by atoms with Crippen LogP contribution < -0.4 is 10.1 Å². The highest BCUT2D eigenvalue weighted by Crippen LogP contribution is 2.26. The SMILES string of the molecule is CC(NCc1ccccc1)c1ccccc1OC(F)F. The van der Waals surface area contributed by atoms with Gasteiger partial charge in [0.2, 0.25) is 0 Å². The molecule has 0 saturated heterocycles. The number of nitrogens with one attached hydrogen (secondary N) is 1. The maximum absolute atomic E-state index is 12.4. The Labute approximate surface area is 117 Å². The lowest BCUT2D eigenvalue weighted by Gasteiger charge is -2.18. The van der Waals surface area contributed by atoms with Gasteiger partial charge in [0.05, 0.1) is 0 Å². The third-order valence-electron chi connectivity index (χ3n) is 3.06. The highest BCUT2D eigenvalue weighted by Gasteiger charge is 2.13. The zero-order valence-corrected chi connectivity index (χ0v) is 11.2. The molecule has 2 nitrogen and oxygen atoms in total. The van der Waals surface area contributed by atoms with Gasteiger partial charge in [0.1, 0.15) is 5.75 Å². The molecule has 0 heterocycles. The summed E-state index contributed by atoms with van der Waals surface area (Å²) in [5, 5.41) is 3.30. The van der Waals surface area contributed by atoms with Crippen LogP contribution in [0.1, 0.15) is 24.1 Å². The summed E-state index contributed by atoms with van der Waals surface area (Å²) in [7, 11) is 0.